The third kappa shape index (κ3) is 3.36. The number of amides is 2. The van der Waals surface area contributed by atoms with Crippen LogP contribution in [0.25, 0.3) is 0 Å². The summed E-state index contributed by atoms with van der Waals surface area (Å²) in [5.41, 5.74) is 1.41. The SMILES string of the molecule is Cc1cc(C(=O)NC2CCc3onc(C(=O)NC4CCCC4)c3C2)no1. The van der Waals surface area contributed by atoms with Crippen LogP contribution in [0, 0.1) is 6.92 Å². The monoisotopic (exact) mass is 358 g/mol. The Kier molecular flexibility index (Phi) is 4.48. The molecule has 0 aromatic carbocycles. The maximum atomic E-state index is 12.5. The van der Waals surface area contributed by atoms with E-state index in [0.717, 1.165) is 43.4 Å². The summed E-state index contributed by atoms with van der Waals surface area (Å²) in [6, 6.07) is 1.73. The fourth-order valence-electron chi connectivity index (χ4n) is 3.76. The van der Waals surface area contributed by atoms with Crippen molar-refractivity contribution in [2.45, 2.75) is 64.0 Å². The van der Waals surface area contributed by atoms with Crippen LogP contribution in [0.1, 0.15) is 70.2 Å². The molecule has 2 heterocycles. The first-order valence-corrected chi connectivity index (χ1v) is 9.12. The fourth-order valence-corrected chi connectivity index (χ4v) is 3.76. The van der Waals surface area contributed by atoms with Crippen molar-refractivity contribution in [1.29, 1.82) is 0 Å². The molecule has 0 bridgehead atoms. The number of hydrogen-bond acceptors (Lipinski definition) is 6. The van der Waals surface area contributed by atoms with Crippen molar-refractivity contribution in [2.24, 2.45) is 0 Å². The summed E-state index contributed by atoms with van der Waals surface area (Å²) < 4.78 is 10.3. The van der Waals surface area contributed by atoms with Crippen LogP contribution in [0.5, 0.6) is 0 Å². The molecule has 1 fully saturated rings. The molecule has 1 unspecified atom stereocenters. The van der Waals surface area contributed by atoms with E-state index in [9.17, 15) is 9.59 Å². The Morgan fingerprint density at radius 2 is 1.81 bits per heavy atom. The number of fused-ring (bicyclic) bond motifs is 1. The lowest BCUT2D eigenvalue weighted by Crippen LogP contribution is -2.40. The van der Waals surface area contributed by atoms with Crippen molar-refractivity contribution in [3.05, 3.63) is 34.5 Å². The Hall–Kier alpha value is -2.64. The molecular weight excluding hydrogens is 336 g/mol. The van der Waals surface area contributed by atoms with Gasteiger partial charge in [-0.05, 0) is 32.6 Å². The quantitative estimate of drug-likeness (QED) is 0.864. The molecule has 8 nitrogen and oxygen atoms in total. The molecule has 2 amide bonds. The number of nitrogens with zero attached hydrogens (tertiary/aromatic N) is 2. The van der Waals surface area contributed by atoms with E-state index in [1.807, 2.05) is 0 Å². The van der Waals surface area contributed by atoms with Crippen LogP contribution in [0.4, 0.5) is 0 Å². The number of carbonyl (C=O) groups excluding carboxylic acids is 2. The first-order valence-electron chi connectivity index (χ1n) is 9.12. The summed E-state index contributed by atoms with van der Waals surface area (Å²) in [6.45, 7) is 1.74. The van der Waals surface area contributed by atoms with Crippen molar-refractivity contribution >= 4 is 11.8 Å². The molecule has 138 valence electrons. The van der Waals surface area contributed by atoms with Crippen LogP contribution >= 0.6 is 0 Å². The highest BCUT2D eigenvalue weighted by Gasteiger charge is 2.31. The molecule has 8 heteroatoms. The summed E-state index contributed by atoms with van der Waals surface area (Å²) in [4.78, 5) is 24.8. The van der Waals surface area contributed by atoms with Gasteiger partial charge in [-0.25, -0.2) is 0 Å². The van der Waals surface area contributed by atoms with E-state index in [4.69, 9.17) is 9.05 Å². The van der Waals surface area contributed by atoms with Gasteiger partial charge in [-0.1, -0.05) is 23.2 Å². The second kappa shape index (κ2) is 6.93. The Balaban J connectivity index is 1.43. The smallest absolute Gasteiger partial charge is 0.273 e. The summed E-state index contributed by atoms with van der Waals surface area (Å²) >= 11 is 0. The first kappa shape index (κ1) is 16.8. The molecule has 26 heavy (non-hydrogen) atoms. The maximum absolute atomic E-state index is 12.5. The van der Waals surface area contributed by atoms with E-state index >= 15 is 0 Å². The molecule has 2 aromatic heterocycles. The van der Waals surface area contributed by atoms with Gasteiger partial charge in [-0.3, -0.25) is 9.59 Å². The fraction of sp³-hybridized carbons (Fsp3) is 0.556. The molecule has 1 saturated carbocycles. The number of aryl methyl sites for hydroxylation is 2. The second-order valence-corrected chi connectivity index (χ2v) is 7.12. The lowest BCUT2D eigenvalue weighted by Gasteiger charge is -2.22. The van der Waals surface area contributed by atoms with Gasteiger partial charge < -0.3 is 19.7 Å². The number of rotatable bonds is 4. The molecule has 1 atom stereocenters. The first-order chi connectivity index (χ1) is 12.6. The average molecular weight is 358 g/mol. The van der Waals surface area contributed by atoms with Gasteiger partial charge in [0.1, 0.15) is 11.5 Å². The Bertz CT molecular complexity index is 819. The molecular formula is C18H22N4O4. The lowest BCUT2D eigenvalue weighted by molar-refractivity contribution is 0.0920. The minimum atomic E-state index is -0.274. The van der Waals surface area contributed by atoms with E-state index in [1.165, 1.54) is 0 Å². The van der Waals surface area contributed by atoms with Gasteiger partial charge in [0.25, 0.3) is 11.8 Å². The van der Waals surface area contributed by atoms with Gasteiger partial charge in [0.05, 0.1) is 0 Å². The zero-order valence-electron chi connectivity index (χ0n) is 14.7. The lowest BCUT2D eigenvalue weighted by atomic mass is 9.91. The maximum Gasteiger partial charge on any atom is 0.273 e. The van der Waals surface area contributed by atoms with Gasteiger partial charge in [0, 0.05) is 30.1 Å². The number of aromatic nitrogens is 2. The standard InChI is InChI=1S/C18H22N4O4/c1-10-8-14(21-25-10)17(23)20-12-6-7-15-13(9-12)16(22-26-15)18(24)19-11-4-2-3-5-11/h8,11-12H,2-7,9H2,1H3,(H,19,24)(H,20,23). The van der Waals surface area contributed by atoms with Crippen molar-refractivity contribution in [3.63, 3.8) is 0 Å². The Morgan fingerprint density at radius 3 is 2.54 bits per heavy atom. The van der Waals surface area contributed by atoms with Crippen LogP contribution in [-0.2, 0) is 12.8 Å². The molecule has 2 N–H and O–H groups in total. The van der Waals surface area contributed by atoms with Crippen LogP contribution in [0.3, 0.4) is 0 Å². The Morgan fingerprint density at radius 1 is 1.04 bits per heavy atom. The van der Waals surface area contributed by atoms with Crippen molar-refractivity contribution in [2.75, 3.05) is 0 Å². The van der Waals surface area contributed by atoms with E-state index in [2.05, 4.69) is 20.9 Å². The molecule has 0 aliphatic heterocycles. The summed E-state index contributed by atoms with van der Waals surface area (Å²) in [5, 5.41) is 13.7. The van der Waals surface area contributed by atoms with Gasteiger partial charge in [0.15, 0.2) is 11.4 Å². The highest BCUT2D eigenvalue weighted by atomic mass is 16.5. The average Bonchev–Trinajstić information content (AvgIpc) is 3.35. The highest BCUT2D eigenvalue weighted by molar-refractivity contribution is 5.94. The van der Waals surface area contributed by atoms with E-state index in [-0.39, 0.29) is 29.6 Å². The van der Waals surface area contributed by atoms with Crippen molar-refractivity contribution < 1.29 is 18.6 Å². The summed E-state index contributed by atoms with van der Waals surface area (Å²) in [7, 11) is 0. The summed E-state index contributed by atoms with van der Waals surface area (Å²) in [6.07, 6.45) is 6.23. The van der Waals surface area contributed by atoms with Crippen LogP contribution in [0.2, 0.25) is 0 Å². The van der Waals surface area contributed by atoms with Crippen LogP contribution in [-0.4, -0.2) is 34.2 Å². The Labute approximate surface area is 150 Å². The molecule has 4 rings (SSSR count). The number of hydrogen-bond donors (Lipinski definition) is 2. The van der Waals surface area contributed by atoms with Crippen LogP contribution < -0.4 is 10.6 Å². The third-order valence-corrected chi connectivity index (χ3v) is 5.14. The minimum Gasteiger partial charge on any atom is -0.361 e. The van der Waals surface area contributed by atoms with Crippen molar-refractivity contribution in [3.8, 4) is 0 Å². The molecule has 0 spiro atoms. The molecule has 0 radical (unpaired) electrons. The largest absolute Gasteiger partial charge is 0.361 e. The van der Waals surface area contributed by atoms with Gasteiger partial charge in [-0.15, -0.1) is 0 Å². The van der Waals surface area contributed by atoms with E-state index < -0.39 is 0 Å². The minimum absolute atomic E-state index is 0.0931. The van der Waals surface area contributed by atoms with E-state index in [0.29, 0.717) is 24.3 Å². The van der Waals surface area contributed by atoms with Gasteiger partial charge in [-0.2, -0.15) is 0 Å². The second-order valence-electron chi connectivity index (χ2n) is 7.12. The third-order valence-electron chi connectivity index (χ3n) is 5.14. The summed E-state index contributed by atoms with van der Waals surface area (Å²) in [5.74, 6) is 0.875. The topological polar surface area (TPSA) is 110 Å². The zero-order valence-corrected chi connectivity index (χ0v) is 14.7. The molecule has 2 aliphatic rings. The molecule has 2 aromatic rings. The number of carbonyl (C=O) groups is 2. The molecule has 2 aliphatic carbocycles. The zero-order chi connectivity index (χ0) is 18.1. The predicted octanol–water partition coefficient (Wildman–Crippen LogP) is 1.93. The van der Waals surface area contributed by atoms with Crippen molar-refractivity contribution in [1.82, 2.24) is 20.9 Å². The van der Waals surface area contributed by atoms with E-state index in [1.54, 1.807) is 13.0 Å². The molecule has 0 saturated heterocycles. The predicted molar refractivity (Wildman–Crippen MR) is 90.7 cm³/mol. The normalized spacial score (nSPS) is 20.0. The van der Waals surface area contributed by atoms with Gasteiger partial charge >= 0.3 is 0 Å². The number of nitrogens with one attached hydrogen (secondary N) is 2. The van der Waals surface area contributed by atoms with Crippen LogP contribution in [0.15, 0.2) is 15.1 Å². The van der Waals surface area contributed by atoms with Gasteiger partial charge in [0.2, 0.25) is 0 Å². The highest BCUT2D eigenvalue weighted by Crippen LogP contribution is 2.26.